The molecular weight excluding hydrogens is 220 g/mol. The molecule has 0 radical (unpaired) electrons. The number of cyclic esters (lactones) is 1. The van der Waals surface area contributed by atoms with Gasteiger partial charge in [0.05, 0.1) is 6.54 Å². The third-order valence-electron chi connectivity index (χ3n) is 3.47. The summed E-state index contributed by atoms with van der Waals surface area (Å²) in [4.78, 5) is 24.3. The fourth-order valence-electron chi connectivity index (χ4n) is 2.46. The first-order valence-electron chi connectivity index (χ1n) is 6.36. The first kappa shape index (κ1) is 12.2. The second kappa shape index (κ2) is 5.38. The van der Waals surface area contributed by atoms with Crippen LogP contribution in [0.15, 0.2) is 0 Å². The van der Waals surface area contributed by atoms with Crippen LogP contribution >= 0.6 is 0 Å². The van der Waals surface area contributed by atoms with Gasteiger partial charge in [0.2, 0.25) is 5.91 Å². The lowest BCUT2D eigenvalue weighted by atomic mass is 10.1. The van der Waals surface area contributed by atoms with Gasteiger partial charge in [-0.3, -0.25) is 4.79 Å². The second-order valence-electron chi connectivity index (χ2n) is 4.97. The highest BCUT2D eigenvalue weighted by Crippen LogP contribution is 2.18. The van der Waals surface area contributed by atoms with Crippen LogP contribution in [0.1, 0.15) is 38.5 Å². The number of nitrogens with one attached hydrogen (secondary N) is 1. The smallest absolute Gasteiger partial charge is 0.409 e. The summed E-state index contributed by atoms with van der Waals surface area (Å²) in [7, 11) is 1.71. The Bertz CT molecular complexity index is 300. The van der Waals surface area contributed by atoms with Gasteiger partial charge >= 0.3 is 6.09 Å². The van der Waals surface area contributed by atoms with Crippen molar-refractivity contribution in [2.45, 2.75) is 50.7 Å². The molecule has 0 aromatic heterocycles. The third-order valence-corrected chi connectivity index (χ3v) is 3.47. The summed E-state index contributed by atoms with van der Waals surface area (Å²) in [5.74, 6) is 0.0857. The normalized spacial score (nSPS) is 25.1. The van der Waals surface area contributed by atoms with Crippen LogP contribution in [0, 0.1) is 0 Å². The van der Waals surface area contributed by atoms with E-state index in [4.69, 9.17) is 4.74 Å². The number of hydrogen-bond donors (Lipinski definition) is 1. The molecule has 1 saturated heterocycles. The van der Waals surface area contributed by atoms with Gasteiger partial charge in [0.25, 0.3) is 0 Å². The molecule has 1 saturated carbocycles. The first-order chi connectivity index (χ1) is 8.15. The van der Waals surface area contributed by atoms with Crippen LogP contribution in [0.3, 0.4) is 0 Å². The molecule has 1 aliphatic heterocycles. The predicted octanol–water partition coefficient (Wildman–Crippen LogP) is 1.28. The molecule has 0 spiro atoms. The van der Waals surface area contributed by atoms with Crippen LogP contribution in [-0.4, -0.2) is 42.6 Å². The predicted molar refractivity (Wildman–Crippen MR) is 62.5 cm³/mol. The van der Waals surface area contributed by atoms with Crippen LogP contribution in [0.2, 0.25) is 0 Å². The number of carbonyl (C=O) groups is 2. The summed E-state index contributed by atoms with van der Waals surface area (Å²) in [5.41, 5.74) is 0. The highest BCUT2D eigenvalue weighted by molar-refractivity contribution is 5.76. The van der Waals surface area contributed by atoms with E-state index in [1.807, 2.05) is 0 Å². The zero-order valence-electron chi connectivity index (χ0n) is 10.3. The molecule has 5 heteroatoms. The summed E-state index contributed by atoms with van der Waals surface area (Å²) in [6.45, 7) is 0.593. The molecule has 1 aliphatic carbocycles. The van der Waals surface area contributed by atoms with Crippen molar-refractivity contribution in [2.75, 3.05) is 13.6 Å². The van der Waals surface area contributed by atoms with Crippen LogP contribution in [-0.2, 0) is 9.53 Å². The molecule has 2 rings (SSSR count). The number of nitrogens with zero attached hydrogens (tertiary/aromatic N) is 1. The quantitative estimate of drug-likeness (QED) is 0.805. The van der Waals surface area contributed by atoms with E-state index in [0.717, 1.165) is 12.8 Å². The summed E-state index contributed by atoms with van der Waals surface area (Å²) >= 11 is 0. The van der Waals surface area contributed by atoms with E-state index in [2.05, 4.69) is 5.32 Å². The molecule has 96 valence electrons. The fraction of sp³-hybridized carbons (Fsp3) is 0.833. The molecule has 1 heterocycles. The van der Waals surface area contributed by atoms with E-state index in [9.17, 15) is 9.59 Å². The Balaban J connectivity index is 1.64. The summed E-state index contributed by atoms with van der Waals surface area (Å²) in [5, 5.41) is 3.03. The lowest BCUT2D eigenvalue weighted by molar-refractivity contribution is -0.122. The zero-order valence-corrected chi connectivity index (χ0v) is 10.3. The Labute approximate surface area is 101 Å². The van der Waals surface area contributed by atoms with Crippen molar-refractivity contribution in [1.29, 1.82) is 0 Å². The molecule has 2 aliphatic rings. The molecule has 1 atom stereocenters. The highest BCUT2D eigenvalue weighted by atomic mass is 16.6. The Morgan fingerprint density at radius 2 is 2.18 bits per heavy atom. The number of carbonyl (C=O) groups excluding carboxylic acids is 2. The number of rotatable bonds is 4. The summed E-state index contributed by atoms with van der Waals surface area (Å²) in [6.07, 6.45) is 5.30. The zero-order chi connectivity index (χ0) is 12.3. The van der Waals surface area contributed by atoms with Gasteiger partial charge in [-0.05, 0) is 19.3 Å². The molecule has 1 N–H and O–H groups in total. The molecule has 1 unspecified atom stereocenters. The average Bonchev–Trinajstić information content (AvgIpc) is 2.87. The van der Waals surface area contributed by atoms with E-state index < -0.39 is 0 Å². The van der Waals surface area contributed by atoms with E-state index in [1.165, 1.54) is 12.8 Å². The largest absolute Gasteiger partial charge is 0.444 e. The maximum absolute atomic E-state index is 11.7. The van der Waals surface area contributed by atoms with Crippen LogP contribution in [0.5, 0.6) is 0 Å². The molecule has 0 bridgehead atoms. The van der Waals surface area contributed by atoms with Gasteiger partial charge < -0.3 is 15.0 Å². The Morgan fingerprint density at radius 3 is 2.76 bits per heavy atom. The van der Waals surface area contributed by atoms with Gasteiger partial charge in [-0.2, -0.15) is 0 Å². The van der Waals surface area contributed by atoms with Crippen molar-refractivity contribution in [2.24, 2.45) is 0 Å². The number of hydrogen-bond acceptors (Lipinski definition) is 3. The van der Waals surface area contributed by atoms with Crippen molar-refractivity contribution < 1.29 is 14.3 Å². The Morgan fingerprint density at radius 1 is 1.47 bits per heavy atom. The van der Waals surface area contributed by atoms with E-state index in [1.54, 1.807) is 11.9 Å². The van der Waals surface area contributed by atoms with Gasteiger partial charge in [-0.15, -0.1) is 0 Å². The lowest BCUT2D eigenvalue weighted by Crippen LogP contribution is -2.33. The maximum atomic E-state index is 11.7. The minimum absolute atomic E-state index is 0.0857. The fourth-order valence-corrected chi connectivity index (χ4v) is 2.46. The molecule has 2 fully saturated rings. The van der Waals surface area contributed by atoms with E-state index in [0.29, 0.717) is 25.4 Å². The van der Waals surface area contributed by atoms with E-state index in [-0.39, 0.29) is 18.1 Å². The van der Waals surface area contributed by atoms with Crippen molar-refractivity contribution in [3.63, 3.8) is 0 Å². The van der Waals surface area contributed by atoms with Gasteiger partial charge in [0.15, 0.2) is 0 Å². The maximum Gasteiger partial charge on any atom is 0.409 e. The standard InChI is InChI=1S/C12H20N2O3/c1-14-8-10(17-12(14)16)6-7-11(15)13-9-4-2-3-5-9/h9-10H,2-8H2,1H3,(H,13,15). The molecule has 0 aromatic carbocycles. The van der Waals surface area contributed by atoms with Crippen LogP contribution < -0.4 is 5.32 Å². The Kier molecular flexibility index (Phi) is 3.86. The van der Waals surface area contributed by atoms with Gasteiger partial charge in [-0.1, -0.05) is 12.8 Å². The number of amides is 2. The SMILES string of the molecule is CN1CC(CCC(=O)NC2CCCC2)OC1=O. The second-order valence-corrected chi connectivity index (χ2v) is 4.97. The third kappa shape index (κ3) is 3.35. The minimum atomic E-state index is -0.286. The van der Waals surface area contributed by atoms with Crippen molar-refractivity contribution in [3.8, 4) is 0 Å². The minimum Gasteiger partial charge on any atom is -0.444 e. The van der Waals surface area contributed by atoms with Crippen molar-refractivity contribution in [1.82, 2.24) is 10.2 Å². The van der Waals surface area contributed by atoms with E-state index >= 15 is 0 Å². The first-order valence-corrected chi connectivity index (χ1v) is 6.36. The molecule has 2 amide bonds. The Hall–Kier alpha value is -1.26. The number of ether oxygens (including phenoxy) is 1. The van der Waals surface area contributed by atoms with Gasteiger partial charge in [-0.25, -0.2) is 4.79 Å². The lowest BCUT2D eigenvalue weighted by Gasteiger charge is -2.13. The summed E-state index contributed by atoms with van der Waals surface area (Å²) < 4.78 is 5.10. The highest BCUT2D eigenvalue weighted by Gasteiger charge is 2.28. The van der Waals surface area contributed by atoms with Crippen molar-refractivity contribution in [3.05, 3.63) is 0 Å². The van der Waals surface area contributed by atoms with Gasteiger partial charge in [0.1, 0.15) is 6.10 Å². The summed E-state index contributed by atoms with van der Waals surface area (Å²) in [6, 6.07) is 0.372. The number of likely N-dealkylation sites (N-methyl/N-ethyl adjacent to an activating group) is 1. The monoisotopic (exact) mass is 240 g/mol. The topological polar surface area (TPSA) is 58.6 Å². The molecular formula is C12H20N2O3. The van der Waals surface area contributed by atoms with Crippen LogP contribution in [0.4, 0.5) is 4.79 Å². The van der Waals surface area contributed by atoms with Crippen LogP contribution in [0.25, 0.3) is 0 Å². The molecule has 17 heavy (non-hydrogen) atoms. The average molecular weight is 240 g/mol. The molecule has 0 aromatic rings. The molecule has 5 nitrogen and oxygen atoms in total. The van der Waals surface area contributed by atoms with Crippen molar-refractivity contribution >= 4 is 12.0 Å². The van der Waals surface area contributed by atoms with Gasteiger partial charge in [0, 0.05) is 19.5 Å².